The molecule has 0 unspecified atom stereocenters. The van der Waals surface area contributed by atoms with Gasteiger partial charge in [0, 0.05) is 13.0 Å². The summed E-state index contributed by atoms with van der Waals surface area (Å²) in [5, 5.41) is 11.5. The molecule has 82 valence electrons. The lowest BCUT2D eigenvalue weighted by Crippen LogP contribution is -2.06. The Morgan fingerprint density at radius 1 is 1.53 bits per heavy atom. The van der Waals surface area contributed by atoms with Crippen molar-refractivity contribution < 1.29 is 14.3 Å². The summed E-state index contributed by atoms with van der Waals surface area (Å²) < 4.78 is 13.2. The summed E-state index contributed by atoms with van der Waals surface area (Å²) in [7, 11) is 0. The van der Waals surface area contributed by atoms with Crippen LogP contribution in [0, 0.1) is 5.82 Å². The Morgan fingerprint density at radius 2 is 2.27 bits per heavy atom. The van der Waals surface area contributed by atoms with Gasteiger partial charge in [-0.15, -0.1) is 0 Å². The highest BCUT2D eigenvalue weighted by Gasteiger charge is 2.05. The molecule has 0 saturated carbocycles. The van der Waals surface area contributed by atoms with Crippen LogP contribution in [0.4, 0.5) is 10.1 Å². The van der Waals surface area contributed by atoms with Gasteiger partial charge in [0.25, 0.3) is 0 Å². The Labute approximate surface area is 91.9 Å². The third-order valence-corrected chi connectivity index (χ3v) is 2.15. The Bertz CT molecular complexity index is 337. The molecule has 1 rings (SSSR count). The van der Waals surface area contributed by atoms with E-state index in [2.05, 4.69) is 5.32 Å². The van der Waals surface area contributed by atoms with Crippen LogP contribution in [0.1, 0.15) is 12.8 Å². The molecule has 0 aromatic heterocycles. The number of carboxylic acids is 1. The number of carboxylic acid groups (broad SMARTS) is 1. The van der Waals surface area contributed by atoms with Crippen LogP contribution < -0.4 is 5.32 Å². The molecule has 2 N–H and O–H groups in total. The topological polar surface area (TPSA) is 49.3 Å². The fraction of sp³-hybridized carbons (Fsp3) is 0.300. The molecule has 0 radical (unpaired) electrons. The van der Waals surface area contributed by atoms with Gasteiger partial charge in [0.05, 0.1) is 10.7 Å². The van der Waals surface area contributed by atoms with Gasteiger partial charge in [-0.1, -0.05) is 17.7 Å². The molecule has 0 amide bonds. The lowest BCUT2D eigenvalue weighted by Gasteiger charge is -2.08. The molecule has 0 aliphatic rings. The molecule has 1 aromatic rings. The van der Waals surface area contributed by atoms with Gasteiger partial charge in [0.15, 0.2) is 0 Å². The summed E-state index contributed by atoms with van der Waals surface area (Å²) >= 11 is 5.75. The summed E-state index contributed by atoms with van der Waals surface area (Å²) in [4.78, 5) is 10.2. The fourth-order valence-electron chi connectivity index (χ4n) is 1.12. The Kier molecular flexibility index (Phi) is 4.37. The number of aliphatic carboxylic acids is 1. The van der Waals surface area contributed by atoms with Gasteiger partial charge in [-0.25, -0.2) is 4.39 Å². The highest BCUT2D eigenvalue weighted by molar-refractivity contribution is 6.33. The Balaban J connectivity index is 2.47. The van der Waals surface area contributed by atoms with Gasteiger partial charge in [0.1, 0.15) is 5.82 Å². The van der Waals surface area contributed by atoms with Crippen LogP contribution in [0.3, 0.4) is 0 Å². The van der Waals surface area contributed by atoms with Gasteiger partial charge in [-0.05, 0) is 18.6 Å². The zero-order valence-electron chi connectivity index (χ0n) is 7.96. The number of hydrogen-bond donors (Lipinski definition) is 2. The Morgan fingerprint density at radius 3 is 2.87 bits per heavy atom. The molecule has 0 aliphatic carbocycles. The van der Waals surface area contributed by atoms with Gasteiger partial charge in [0.2, 0.25) is 0 Å². The highest BCUT2D eigenvalue weighted by atomic mass is 35.5. The van der Waals surface area contributed by atoms with Crippen molar-refractivity contribution in [2.45, 2.75) is 12.8 Å². The van der Waals surface area contributed by atoms with Gasteiger partial charge >= 0.3 is 5.97 Å². The van der Waals surface area contributed by atoms with Crippen LogP contribution in [-0.2, 0) is 4.79 Å². The SMILES string of the molecule is O=C(O)CCCNc1c(F)cccc1Cl. The van der Waals surface area contributed by atoms with Crippen molar-refractivity contribution >= 4 is 23.3 Å². The Hall–Kier alpha value is -1.29. The number of carbonyl (C=O) groups is 1. The summed E-state index contributed by atoms with van der Waals surface area (Å²) in [5.41, 5.74) is 0.226. The fourth-order valence-corrected chi connectivity index (χ4v) is 1.35. The molecule has 15 heavy (non-hydrogen) atoms. The molecule has 0 aliphatic heterocycles. The lowest BCUT2D eigenvalue weighted by molar-refractivity contribution is -0.137. The van der Waals surface area contributed by atoms with E-state index in [1.165, 1.54) is 12.1 Å². The van der Waals surface area contributed by atoms with Crippen LogP contribution in [0.15, 0.2) is 18.2 Å². The second kappa shape index (κ2) is 5.56. The van der Waals surface area contributed by atoms with Crippen molar-refractivity contribution in [3.05, 3.63) is 29.0 Å². The van der Waals surface area contributed by atoms with Crippen molar-refractivity contribution in [1.82, 2.24) is 0 Å². The first kappa shape index (κ1) is 11.8. The maximum absolute atomic E-state index is 13.2. The maximum atomic E-state index is 13.2. The van der Waals surface area contributed by atoms with Crippen LogP contribution in [-0.4, -0.2) is 17.6 Å². The molecule has 1 aromatic carbocycles. The van der Waals surface area contributed by atoms with E-state index in [9.17, 15) is 9.18 Å². The maximum Gasteiger partial charge on any atom is 0.303 e. The van der Waals surface area contributed by atoms with Crippen LogP contribution in [0.25, 0.3) is 0 Å². The predicted octanol–water partition coefficient (Wildman–Crippen LogP) is 2.76. The quantitative estimate of drug-likeness (QED) is 0.766. The monoisotopic (exact) mass is 231 g/mol. The summed E-state index contributed by atoms with van der Waals surface area (Å²) in [6.45, 7) is 0.382. The van der Waals surface area contributed by atoms with Gasteiger partial charge in [-0.3, -0.25) is 4.79 Å². The van der Waals surface area contributed by atoms with Crippen molar-refractivity contribution in [2.75, 3.05) is 11.9 Å². The van der Waals surface area contributed by atoms with E-state index < -0.39 is 11.8 Å². The molecule has 0 saturated heterocycles. The van der Waals surface area contributed by atoms with Gasteiger partial charge in [-0.2, -0.15) is 0 Å². The molecule has 0 heterocycles. The van der Waals surface area contributed by atoms with Crippen molar-refractivity contribution in [2.24, 2.45) is 0 Å². The van der Waals surface area contributed by atoms with E-state index in [0.717, 1.165) is 0 Å². The van der Waals surface area contributed by atoms with E-state index >= 15 is 0 Å². The summed E-state index contributed by atoms with van der Waals surface area (Å²) in [5.74, 6) is -1.30. The zero-order valence-corrected chi connectivity index (χ0v) is 8.72. The number of hydrogen-bond acceptors (Lipinski definition) is 2. The van der Waals surface area contributed by atoms with E-state index in [1.807, 2.05) is 0 Å². The number of benzene rings is 1. The predicted molar refractivity (Wildman–Crippen MR) is 56.8 cm³/mol. The molecule has 0 bridgehead atoms. The van der Waals surface area contributed by atoms with Crippen LogP contribution >= 0.6 is 11.6 Å². The highest BCUT2D eigenvalue weighted by Crippen LogP contribution is 2.24. The normalized spacial score (nSPS) is 10.0. The second-order valence-electron chi connectivity index (χ2n) is 3.02. The number of para-hydroxylation sites is 1. The number of rotatable bonds is 5. The zero-order chi connectivity index (χ0) is 11.3. The summed E-state index contributed by atoms with van der Waals surface area (Å²) in [6, 6.07) is 4.38. The molecule has 3 nitrogen and oxygen atoms in total. The molecular formula is C10H11ClFNO2. The summed E-state index contributed by atoms with van der Waals surface area (Å²) in [6.07, 6.45) is 0.485. The first-order valence-corrected chi connectivity index (χ1v) is 4.88. The standard InChI is InChI=1S/C10H11ClFNO2/c11-7-3-1-4-8(12)10(7)13-6-2-5-9(14)15/h1,3-4,13H,2,5-6H2,(H,14,15). The second-order valence-corrected chi connectivity index (χ2v) is 3.43. The smallest absolute Gasteiger partial charge is 0.303 e. The lowest BCUT2D eigenvalue weighted by atomic mass is 10.2. The number of halogens is 2. The molecule has 0 fully saturated rings. The van der Waals surface area contributed by atoms with E-state index in [-0.39, 0.29) is 12.1 Å². The first-order chi connectivity index (χ1) is 7.11. The van der Waals surface area contributed by atoms with E-state index in [0.29, 0.717) is 18.0 Å². The van der Waals surface area contributed by atoms with Crippen molar-refractivity contribution in [3.8, 4) is 0 Å². The number of nitrogens with one attached hydrogen (secondary N) is 1. The van der Waals surface area contributed by atoms with E-state index in [1.54, 1.807) is 6.07 Å². The van der Waals surface area contributed by atoms with E-state index in [4.69, 9.17) is 16.7 Å². The minimum Gasteiger partial charge on any atom is -0.481 e. The van der Waals surface area contributed by atoms with Crippen molar-refractivity contribution in [1.29, 1.82) is 0 Å². The average Bonchev–Trinajstić information content (AvgIpc) is 2.15. The van der Waals surface area contributed by atoms with Crippen LogP contribution in [0.5, 0.6) is 0 Å². The minimum absolute atomic E-state index is 0.0546. The largest absolute Gasteiger partial charge is 0.481 e. The number of anilines is 1. The van der Waals surface area contributed by atoms with Crippen molar-refractivity contribution in [3.63, 3.8) is 0 Å². The third kappa shape index (κ3) is 3.75. The van der Waals surface area contributed by atoms with Gasteiger partial charge < -0.3 is 10.4 Å². The molecule has 0 spiro atoms. The molecule has 5 heteroatoms. The minimum atomic E-state index is -0.864. The first-order valence-electron chi connectivity index (χ1n) is 4.51. The van der Waals surface area contributed by atoms with Crippen LogP contribution in [0.2, 0.25) is 5.02 Å². The average molecular weight is 232 g/mol. The molecule has 0 atom stereocenters. The molecular weight excluding hydrogens is 221 g/mol. The third-order valence-electron chi connectivity index (χ3n) is 1.83.